The van der Waals surface area contributed by atoms with Gasteiger partial charge < -0.3 is 9.29 Å². The van der Waals surface area contributed by atoms with Gasteiger partial charge in [-0.2, -0.15) is 4.98 Å². The van der Waals surface area contributed by atoms with Gasteiger partial charge in [-0.25, -0.2) is 0 Å². The summed E-state index contributed by atoms with van der Waals surface area (Å²) < 4.78 is 18.2. The van der Waals surface area contributed by atoms with E-state index in [-0.39, 0.29) is 11.5 Å². The zero-order chi connectivity index (χ0) is 19.0. The Morgan fingerprint density at radius 2 is 2.00 bits per heavy atom. The third kappa shape index (κ3) is 3.32. The highest BCUT2D eigenvalue weighted by Gasteiger charge is 2.21. The average Bonchev–Trinajstić information content (AvgIpc) is 3.00. The summed E-state index contributed by atoms with van der Waals surface area (Å²) in [6.45, 7) is 7.24. The second-order valence-electron chi connectivity index (χ2n) is 6.32. The van der Waals surface area contributed by atoms with E-state index in [0.29, 0.717) is 21.9 Å². The molecular weight excluding hydrogens is 350 g/mol. The zero-order valence-electron chi connectivity index (χ0n) is 15.5. The van der Waals surface area contributed by atoms with Gasteiger partial charge in [0.1, 0.15) is 5.75 Å². The number of rotatable bonds is 5. The number of aromatic nitrogens is 3. The number of Topliss-reactive ketones (excluding diaryl/α,β-unsaturated/α-hetero) is 1. The lowest BCUT2D eigenvalue weighted by atomic mass is 10.0. The van der Waals surface area contributed by atoms with Crippen molar-refractivity contribution in [3.63, 3.8) is 0 Å². The fraction of sp³-hybridized carbons (Fsp3) is 0.316. The molecule has 0 fully saturated rings. The lowest BCUT2D eigenvalue weighted by molar-refractivity contribution is 0.101. The number of fused-ring (bicyclic) bond motifs is 1. The molecule has 0 saturated heterocycles. The minimum absolute atomic E-state index is 0.0124. The second kappa shape index (κ2) is 7.09. The van der Waals surface area contributed by atoms with E-state index in [1.165, 1.54) is 6.92 Å². The first-order valence-corrected chi connectivity index (χ1v) is 9.52. The number of carbonyl (C=O) groups excluding carboxylic acids is 1. The van der Waals surface area contributed by atoms with Gasteiger partial charge >= 0.3 is 5.16 Å². The lowest BCUT2D eigenvalue weighted by Crippen LogP contribution is -2.10. The summed E-state index contributed by atoms with van der Waals surface area (Å²) in [4.78, 5) is 23.6. The quantitative estimate of drug-likeness (QED) is 0.548. The standard InChI is InChI=1S/C19H21N3O3S/c1-10-6-15-16(7-14(10)13(4)23)22-19(21-15)26(24)9-17-12(3)18(25-5)11(2)8-20-17/h6-8H,9H2,1-5H3,(H,21,22). The lowest BCUT2D eigenvalue weighted by Gasteiger charge is -2.13. The van der Waals surface area contributed by atoms with Gasteiger partial charge in [-0.1, -0.05) is 0 Å². The first-order chi connectivity index (χ1) is 12.3. The summed E-state index contributed by atoms with van der Waals surface area (Å²) in [5, 5.41) is 0.376. The SMILES string of the molecule is COc1c(C)cnc(C[S+]([O-])c2nc3cc(C(C)=O)c(C)cc3[nH]2)c1C. The Morgan fingerprint density at radius 3 is 2.65 bits per heavy atom. The van der Waals surface area contributed by atoms with E-state index in [9.17, 15) is 9.35 Å². The van der Waals surface area contributed by atoms with Gasteiger partial charge in [0, 0.05) is 34.1 Å². The molecule has 3 aromatic rings. The van der Waals surface area contributed by atoms with E-state index in [1.807, 2.05) is 26.8 Å². The topological polar surface area (TPSA) is 90.9 Å². The average molecular weight is 371 g/mol. The number of hydrogen-bond donors (Lipinski definition) is 1. The molecule has 0 saturated carbocycles. The molecule has 1 N–H and O–H groups in total. The molecule has 0 aliphatic carbocycles. The van der Waals surface area contributed by atoms with Crippen LogP contribution in [0, 0.1) is 20.8 Å². The van der Waals surface area contributed by atoms with Crippen LogP contribution in [-0.4, -0.2) is 32.4 Å². The first kappa shape index (κ1) is 18.4. The third-order valence-electron chi connectivity index (χ3n) is 4.42. The number of nitrogens with zero attached hydrogens (tertiary/aromatic N) is 2. The molecule has 0 bridgehead atoms. The van der Waals surface area contributed by atoms with E-state index in [0.717, 1.165) is 28.0 Å². The summed E-state index contributed by atoms with van der Waals surface area (Å²) in [6, 6.07) is 3.60. The van der Waals surface area contributed by atoms with Gasteiger partial charge in [-0.15, -0.1) is 0 Å². The second-order valence-corrected chi connectivity index (χ2v) is 7.68. The molecule has 0 radical (unpaired) electrons. The van der Waals surface area contributed by atoms with Crippen LogP contribution in [0.5, 0.6) is 5.75 Å². The van der Waals surface area contributed by atoms with E-state index >= 15 is 0 Å². The number of imidazole rings is 1. The highest BCUT2D eigenvalue weighted by molar-refractivity contribution is 7.90. The summed E-state index contributed by atoms with van der Waals surface area (Å²) in [5.41, 5.74) is 5.43. The Labute approximate surface area is 155 Å². The maximum Gasteiger partial charge on any atom is 0.322 e. The fourth-order valence-electron chi connectivity index (χ4n) is 3.04. The van der Waals surface area contributed by atoms with Gasteiger partial charge in [-0.3, -0.25) is 14.8 Å². The molecule has 136 valence electrons. The number of pyridine rings is 1. The maximum absolute atomic E-state index is 12.8. The highest BCUT2D eigenvalue weighted by atomic mass is 32.2. The number of carbonyl (C=O) groups is 1. The van der Waals surface area contributed by atoms with Gasteiger partial charge in [0.05, 0.1) is 23.8 Å². The van der Waals surface area contributed by atoms with Gasteiger partial charge in [0.2, 0.25) is 0 Å². The molecule has 1 atom stereocenters. The molecular formula is C19H21N3O3S. The third-order valence-corrected chi connectivity index (χ3v) is 5.58. The summed E-state index contributed by atoms with van der Waals surface area (Å²) in [6.07, 6.45) is 1.72. The maximum atomic E-state index is 12.8. The summed E-state index contributed by atoms with van der Waals surface area (Å²) >= 11 is -1.39. The van der Waals surface area contributed by atoms with E-state index in [4.69, 9.17) is 4.74 Å². The summed E-state index contributed by atoms with van der Waals surface area (Å²) in [7, 11) is 1.62. The Bertz CT molecular complexity index is 997. The predicted octanol–water partition coefficient (Wildman–Crippen LogP) is 3.40. The molecule has 3 rings (SSSR count). The number of hydrogen-bond acceptors (Lipinski definition) is 5. The van der Waals surface area contributed by atoms with Gasteiger partial charge in [0.15, 0.2) is 11.5 Å². The van der Waals surface area contributed by atoms with Crippen LogP contribution in [0.3, 0.4) is 0 Å². The smallest absolute Gasteiger partial charge is 0.322 e. The monoisotopic (exact) mass is 371 g/mol. The van der Waals surface area contributed by atoms with Gasteiger partial charge in [-0.05, 0) is 45.4 Å². The van der Waals surface area contributed by atoms with Crippen molar-refractivity contribution < 1.29 is 14.1 Å². The number of H-pyrrole nitrogens is 1. The van der Waals surface area contributed by atoms with E-state index in [1.54, 1.807) is 19.4 Å². The molecule has 0 spiro atoms. The Kier molecular flexibility index (Phi) is 5.02. The number of aromatic amines is 1. The molecule has 2 aromatic heterocycles. The van der Waals surface area contributed by atoms with Crippen LogP contribution >= 0.6 is 0 Å². The highest BCUT2D eigenvalue weighted by Crippen LogP contribution is 2.27. The number of nitrogens with one attached hydrogen (secondary N) is 1. The molecule has 1 unspecified atom stereocenters. The Morgan fingerprint density at radius 1 is 1.27 bits per heavy atom. The minimum atomic E-state index is -1.39. The van der Waals surface area contributed by atoms with E-state index < -0.39 is 11.2 Å². The van der Waals surface area contributed by atoms with Crippen molar-refractivity contribution in [2.45, 2.75) is 38.6 Å². The number of ether oxygens (including phenoxy) is 1. The van der Waals surface area contributed by atoms with Crippen molar-refractivity contribution >= 4 is 28.0 Å². The largest absolute Gasteiger partial charge is 0.609 e. The van der Waals surface area contributed by atoms with Gasteiger partial charge in [0.25, 0.3) is 0 Å². The van der Waals surface area contributed by atoms with Crippen LogP contribution in [0.4, 0.5) is 0 Å². The van der Waals surface area contributed by atoms with Crippen LogP contribution in [0.25, 0.3) is 11.0 Å². The molecule has 0 aliphatic rings. The van der Waals surface area contributed by atoms with Crippen LogP contribution in [-0.2, 0) is 16.9 Å². The molecule has 0 aliphatic heterocycles. The Balaban J connectivity index is 1.93. The minimum Gasteiger partial charge on any atom is -0.609 e. The predicted molar refractivity (Wildman–Crippen MR) is 101 cm³/mol. The number of methoxy groups -OCH3 is 1. The van der Waals surface area contributed by atoms with Crippen molar-refractivity contribution in [1.29, 1.82) is 0 Å². The van der Waals surface area contributed by atoms with Crippen molar-refractivity contribution in [2.75, 3.05) is 7.11 Å². The molecule has 26 heavy (non-hydrogen) atoms. The van der Waals surface area contributed by atoms with Crippen LogP contribution in [0.1, 0.15) is 39.7 Å². The molecule has 1 aromatic carbocycles. The first-order valence-electron chi connectivity index (χ1n) is 8.20. The normalized spacial score (nSPS) is 12.4. The van der Waals surface area contributed by atoms with Crippen LogP contribution < -0.4 is 4.74 Å². The number of aryl methyl sites for hydroxylation is 2. The van der Waals surface area contributed by atoms with Crippen molar-refractivity contribution in [3.8, 4) is 5.75 Å². The number of benzene rings is 1. The van der Waals surface area contributed by atoms with E-state index in [2.05, 4.69) is 15.0 Å². The zero-order valence-corrected chi connectivity index (χ0v) is 16.3. The number of ketones is 1. The molecule has 0 amide bonds. The molecule has 2 heterocycles. The van der Waals surface area contributed by atoms with Crippen molar-refractivity contribution in [2.24, 2.45) is 0 Å². The van der Waals surface area contributed by atoms with Crippen LogP contribution in [0.2, 0.25) is 0 Å². The van der Waals surface area contributed by atoms with Crippen molar-refractivity contribution in [3.05, 3.63) is 46.3 Å². The molecule has 6 nitrogen and oxygen atoms in total. The molecule has 7 heteroatoms. The van der Waals surface area contributed by atoms with Crippen LogP contribution in [0.15, 0.2) is 23.5 Å². The van der Waals surface area contributed by atoms with Crippen molar-refractivity contribution in [1.82, 2.24) is 15.0 Å². The summed E-state index contributed by atoms with van der Waals surface area (Å²) in [5.74, 6) is 0.987. The fourth-order valence-corrected chi connectivity index (χ4v) is 4.14. The Hall–Kier alpha value is -2.38.